The van der Waals surface area contributed by atoms with Crippen LogP contribution in [0.4, 0.5) is 11.4 Å². The average molecular weight is 396 g/mol. The second kappa shape index (κ2) is 8.14. The first kappa shape index (κ1) is 19.4. The van der Waals surface area contributed by atoms with Crippen molar-refractivity contribution in [3.63, 3.8) is 0 Å². The number of aryl methyl sites for hydroxylation is 1. The van der Waals surface area contributed by atoms with E-state index < -0.39 is 10.0 Å². The predicted molar refractivity (Wildman–Crippen MR) is 109 cm³/mol. The fourth-order valence-electron chi connectivity index (χ4n) is 2.52. The minimum absolute atomic E-state index is 0.0463. The van der Waals surface area contributed by atoms with Crippen LogP contribution in [0.1, 0.15) is 15.9 Å². The number of carbonyl (C=O) groups excluding carboxylic acids is 1. The molecule has 0 saturated carbocycles. The van der Waals surface area contributed by atoms with Crippen molar-refractivity contribution in [3.05, 3.63) is 83.9 Å². The molecule has 0 bridgehead atoms. The summed E-state index contributed by atoms with van der Waals surface area (Å²) in [5.41, 5.74) is 2.35. The Morgan fingerprint density at radius 2 is 1.57 bits per heavy atom. The number of ether oxygens (including phenoxy) is 1. The second-order valence-corrected chi connectivity index (χ2v) is 7.86. The number of methoxy groups -OCH3 is 1. The number of amides is 1. The lowest BCUT2D eigenvalue weighted by Crippen LogP contribution is -2.15. The van der Waals surface area contributed by atoms with Crippen LogP contribution in [0.3, 0.4) is 0 Å². The van der Waals surface area contributed by atoms with Crippen LogP contribution in [-0.2, 0) is 10.0 Å². The van der Waals surface area contributed by atoms with Gasteiger partial charge in [0.2, 0.25) is 0 Å². The number of hydrogen-bond donors (Lipinski definition) is 2. The van der Waals surface area contributed by atoms with Crippen molar-refractivity contribution in [1.29, 1.82) is 0 Å². The molecule has 28 heavy (non-hydrogen) atoms. The summed E-state index contributed by atoms with van der Waals surface area (Å²) in [6.07, 6.45) is 0. The summed E-state index contributed by atoms with van der Waals surface area (Å²) in [5, 5.41) is 2.72. The molecule has 0 saturated heterocycles. The van der Waals surface area contributed by atoms with Gasteiger partial charge in [0.25, 0.3) is 15.9 Å². The molecule has 0 unspecified atom stereocenters. The predicted octanol–water partition coefficient (Wildman–Crippen LogP) is 4.06. The van der Waals surface area contributed by atoms with Gasteiger partial charge in [-0.25, -0.2) is 8.42 Å². The molecule has 0 atom stereocenters. The Labute approximate surface area is 164 Å². The molecule has 0 radical (unpaired) electrons. The third-order valence-corrected chi connectivity index (χ3v) is 5.44. The van der Waals surface area contributed by atoms with Gasteiger partial charge in [0.1, 0.15) is 5.75 Å². The second-order valence-electron chi connectivity index (χ2n) is 6.18. The van der Waals surface area contributed by atoms with Crippen molar-refractivity contribution >= 4 is 27.3 Å². The van der Waals surface area contributed by atoms with E-state index in [-0.39, 0.29) is 10.8 Å². The fraction of sp³-hybridized carbons (Fsp3) is 0.0952. The highest BCUT2D eigenvalue weighted by Crippen LogP contribution is 2.21. The van der Waals surface area contributed by atoms with E-state index in [0.717, 1.165) is 5.56 Å². The lowest BCUT2D eigenvalue weighted by atomic mass is 10.1. The minimum Gasteiger partial charge on any atom is -0.497 e. The zero-order valence-electron chi connectivity index (χ0n) is 15.5. The van der Waals surface area contributed by atoms with Gasteiger partial charge >= 0.3 is 0 Å². The lowest BCUT2D eigenvalue weighted by Gasteiger charge is -2.11. The Morgan fingerprint density at radius 1 is 0.893 bits per heavy atom. The van der Waals surface area contributed by atoms with Crippen LogP contribution in [0.15, 0.2) is 77.7 Å². The van der Waals surface area contributed by atoms with Crippen LogP contribution in [0.5, 0.6) is 5.75 Å². The minimum atomic E-state index is -3.80. The Hall–Kier alpha value is -3.32. The third-order valence-electron chi connectivity index (χ3n) is 4.06. The standard InChI is InChI=1S/C21H20N2O4S/c1-15-6-8-16(9-7-15)21(24)22-18-4-3-5-20(14-18)28(25,26)23-17-10-12-19(27-2)13-11-17/h3-14,23H,1-2H3,(H,22,24). The molecule has 0 heterocycles. The topological polar surface area (TPSA) is 84.5 Å². The number of carbonyl (C=O) groups is 1. The number of hydrogen-bond acceptors (Lipinski definition) is 4. The van der Waals surface area contributed by atoms with Gasteiger partial charge in [-0.1, -0.05) is 23.8 Å². The van der Waals surface area contributed by atoms with Crippen LogP contribution in [0.25, 0.3) is 0 Å². The molecular weight excluding hydrogens is 376 g/mol. The van der Waals surface area contributed by atoms with E-state index in [0.29, 0.717) is 22.7 Å². The lowest BCUT2D eigenvalue weighted by molar-refractivity contribution is 0.102. The van der Waals surface area contributed by atoms with Crippen LogP contribution in [-0.4, -0.2) is 21.4 Å². The Kier molecular flexibility index (Phi) is 5.65. The normalized spacial score (nSPS) is 10.9. The summed E-state index contributed by atoms with van der Waals surface area (Å²) in [7, 11) is -2.27. The van der Waals surface area contributed by atoms with E-state index >= 15 is 0 Å². The molecule has 3 aromatic rings. The maximum atomic E-state index is 12.6. The van der Waals surface area contributed by atoms with Crippen molar-refractivity contribution in [2.24, 2.45) is 0 Å². The van der Waals surface area contributed by atoms with E-state index in [1.165, 1.54) is 19.2 Å². The van der Waals surface area contributed by atoms with Crippen LogP contribution in [0.2, 0.25) is 0 Å². The molecule has 0 aromatic heterocycles. The quantitative estimate of drug-likeness (QED) is 0.658. The van der Waals surface area contributed by atoms with E-state index in [1.807, 2.05) is 19.1 Å². The Morgan fingerprint density at radius 3 is 2.21 bits per heavy atom. The molecule has 0 aliphatic carbocycles. The molecule has 0 spiro atoms. The number of benzene rings is 3. The molecule has 2 N–H and O–H groups in total. The largest absolute Gasteiger partial charge is 0.497 e. The van der Waals surface area contributed by atoms with Crippen molar-refractivity contribution in [2.45, 2.75) is 11.8 Å². The molecule has 7 heteroatoms. The molecule has 0 aliphatic heterocycles. The van der Waals surface area contributed by atoms with Crippen molar-refractivity contribution in [1.82, 2.24) is 0 Å². The summed E-state index contributed by atoms with van der Waals surface area (Å²) >= 11 is 0. The van der Waals surface area contributed by atoms with Gasteiger partial charge in [-0.2, -0.15) is 0 Å². The molecular formula is C21H20N2O4S. The zero-order valence-corrected chi connectivity index (χ0v) is 16.3. The van der Waals surface area contributed by atoms with Gasteiger partial charge < -0.3 is 10.1 Å². The first-order chi connectivity index (χ1) is 13.4. The van der Waals surface area contributed by atoms with Gasteiger partial charge in [-0.3, -0.25) is 9.52 Å². The maximum absolute atomic E-state index is 12.6. The summed E-state index contributed by atoms with van der Waals surface area (Å²) in [4.78, 5) is 12.4. The van der Waals surface area contributed by atoms with Gasteiger partial charge in [-0.05, 0) is 61.5 Å². The van der Waals surface area contributed by atoms with Crippen LogP contribution >= 0.6 is 0 Å². The zero-order chi connectivity index (χ0) is 20.1. The summed E-state index contributed by atoms with van der Waals surface area (Å²) < 4.78 is 32.9. The molecule has 3 aromatic carbocycles. The highest BCUT2D eigenvalue weighted by atomic mass is 32.2. The maximum Gasteiger partial charge on any atom is 0.261 e. The highest BCUT2D eigenvalue weighted by molar-refractivity contribution is 7.92. The first-order valence-electron chi connectivity index (χ1n) is 8.52. The Bertz CT molecular complexity index is 1080. The van der Waals surface area contributed by atoms with E-state index in [9.17, 15) is 13.2 Å². The van der Waals surface area contributed by atoms with Crippen molar-refractivity contribution in [2.75, 3.05) is 17.1 Å². The summed E-state index contributed by atoms with van der Waals surface area (Å²) in [6.45, 7) is 1.94. The number of rotatable bonds is 6. The van der Waals surface area contributed by atoms with Crippen molar-refractivity contribution < 1.29 is 17.9 Å². The number of nitrogens with one attached hydrogen (secondary N) is 2. The highest BCUT2D eigenvalue weighted by Gasteiger charge is 2.15. The molecule has 3 rings (SSSR count). The van der Waals surface area contributed by atoms with Gasteiger partial charge in [0.15, 0.2) is 0 Å². The number of anilines is 2. The van der Waals surface area contributed by atoms with E-state index in [4.69, 9.17) is 4.74 Å². The van der Waals surface area contributed by atoms with Gasteiger partial charge in [0, 0.05) is 16.9 Å². The van der Waals surface area contributed by atoms with Crippen molar-refractivity contribution in [3.8, 4) is 5.75 Å². The summed E-state index contributed by atoms with van der Waals surface area (Å²) in [6, 6.07) is 19.8. The molecule has 0 aliphatic rings. The fourth-order valence-corrected chi connectivity index (χ4v) is 3.63. The first-order valence-corrected chi connectivity index (χ1v) is 10.0. The van der Waals surface area contributed by atoms with Crippen LogP contribution < -0.4 is 14.8 Å². The molecule has 1 amide bonds. The van der Waals surface area contributed by atoms with Gasteiger partial charge in [0.05, 0.1) is 12.0 Å². The van der Waals surface area contributed by atoms with Gasteiger partial charge in [-0.15, -0.1) is 0 Å². The smallest absolute Gasteiger partial charge is 0.261 e. The van der Waals surface area contributed by atoms with E-state index in [1.54, 1.807) is 48.5 Å². The van der Waals surface area contributed by atoms with E-state index in [2.05, 4.69) is 10.0 Å². The average Bonchev–Trinajstić information content (AvgIpc) is 2.69. The molecule has 0 fully saturated rings. The third kappa shape index (κ3) is 4.69. The summed E-state index contributed by atoms with van der Waals surface area (Å²) in [5.74, 6) is 0.321. The molecule has 6 nitrogen and oxygen atoms in total. The number of sulfonamides is 1. The molecule has 144 valence electrons. The Balaban J connectivity index is 1.77. The van der Waals surface area contributed by atoms with Crippen LogP contribution in [0, 0.1) is 6.92 Å². The SMILES string of the molecule is COc1ccc(NS(=O)(=O)c2cccc(NC(=O)c3ccc(C)cc3)c2)cc1. The monoisotopic (exact) mass is 396 g/mol.